The maximum absolute atomic E-state index is 12.2. The molecule has 0 unspecified atom stereocenters. The molecule has 0 aliphatic carbocycles. The fourth-order valence-electron chi connectivity index (χ4n) is 4.67. The lowest BCUT2D eigenvalue weighted by Crippen LogP contribution is -2.59. The number of fused-ring (bicyclic) bond motifs is 4. The Morgan fingerprint density at radius 3 is 2.71 bits per heavy atom. The van der Waals surface area contributed by atoms with Crippen LogP contribution in [0.5, 0.6) is 11.5 Å². The SMILES string of the molecule is CCOC(=O)N1CCC2(CC1)Oc1ccc(Br)cc1[C@@H]1CC(c3ccc(O)cc3)=NN12. The summed E-state index contributed by atoms with van der Waals surface area (Å²) >= 11 is 3.58. The van der Waals surface area contributed by atoms with Gasteiger partial charge in [-0.05, 0) is 55.0 Å². The van der Waals surface area contributed by atoms with Crippen LogP contribution >= 0.6 is 15.9 Å². The van der Waals surface area contributed by atoms with E-state index in [4.69, 9.17) is 14.6 Å². The molecule has 0 bridgehead atoms. The average molecular weight is 486 g/mol. The second-order valence-corrected chi connectivity index (χ2v) is 8.99. The second kappa shape index (κ2) is 7.75. The standard InChI is InChI=1S/C23H24BrN3O4/c1-2-30-22(29)26-11-9-23(10-12-26)27-20(18-13-16(24)5-8-21(18)31-23)14-19(25-27)15-3-6-17(28)7-4-15/h3-8,13,20,28H,2,9-12,14H2,1H3/t20-/m0/s1. The lowest BCUT2D eigenvalue weighted by atomic mass is 9.91. The average Bonchev–Trinajstić information content (AvgIpc) is 3.23. The minimum atomic E-state index is -0.604. The Balaban J connectivity index is 1.49. The number of amides is 1. The van der Waals surface area contributed by atoms with Crippen LogP contribution in [0.1, 0.15) is 43.4 Å². The number of hydrogen-bond acceptors (Lipinski definition) is 6. The van der Waals surface area contributed by atoms with Crippen molar-refractivity contribution in [2.75, 3.05) is 19.7 Å². The molecule has 1 amide bonds. The van der Waals surface area contributed by atoms with E-state index >= 15 is 0 Å². The smallest absolute Gasteiger partial charge is 0.409 e. The van der Waals surface area contributed by atoms with Gasteiger partial charge in [0.05, 0.1) is 18.4 Å². The third kappa shape index (κ3) is 3.52. The molecule has 1 fully saturated rings. The molecule has 162 valence electrons. The fraction of sp³-hybridized carbons (Fsp3) is 0.391. The number of carbonyl (C=O) groups excluding carboxylic acids is 1. The number of aromatic hydroxyl groups is 1. The number of benzene rings is 2. The first-order chi connectivity index (χ1) is 15.0. The van der Waals surface area contributed by atoms with Crippen LogP contribution in [0.3, 0.4) is 0 Å². The van der Waals surface area contributed by atoms with Gasteiger partial charge in [-0.1, -0.05) is 15.9 Å². The monoisotopic (exact) mass is 485 g/mol. The molecule has 3 aliphatic heterocycles. The summed E-state index contributed by atoms with van der Waals surface area (Å²) in [5, 5.41) is 16.8. The molecule has 2 aromatic rings. The Kier molecular flexibility index (Phi) is 5.04. The summed E-state index contributed by atoms with van der Waals surface area (Å²) in [5.41, 5.74) is 2.45. The minimum absolute atomic E-state index is 0.0548. The molecule has 1 saturated heterocycles. The van der Waals surface area contributed by atoms with E-state index in [1.165, 1.54) is 0 Å². The summed E-state index contributed by atoms with van der Waals surface area (Å²) < 4.78 is 12.8. The van der Waals surface area contributed by atoms with Crippen molar-refractivity contribution >= 4 is 27.7 Å². The molecule has 1 spiro atoms. The van der Waals surface area contributed by atoms with Crippen molar-refractivity contribution in [3.05, 3.63) is 58.1 Å². The summed E-state index contributed by atoms with van der Waals surface area (Å²) in [7, 11) is 0. The van der Waals surface area contributed by atoms with Gasteiger partial charge in [0.2, 0.25) is 5.72 Å². The quantitative estimate of drug-likeness (QED) is 0.669. The molecule has 0 aromatic heterocycles. The van der Waals surface area contributed by atoms with Crippen molar-refractivity contribution in [2.24, 2.45) is 5.10 Å². The molecule has 2 aromatic carbocycles. The Hall–Kier alpha value is -2.74. The van der Waals surface area contributed by atoms with Crippen LogP contribution < -0.4 is 4.74 Å². The van der Waals surface area contributed by atoms with Gasteiger partial charge in [0.15, 0.2) is 0 Å². The Labute approximate surface area is 189 Å². The molecule has 5 rings (SSSR count). The number of piperidine rings is 1. The van der Waals surface area contributed by atoms with Crippen LogP contribution in [0.2, 0.25) is 0 Å². The van der Waals surface area contributed by atoms with Crippen LogP contribution in [0, 0.1) is 0 Å². The molecule has 3 heterocycles. The summed E-state index contributed by atoms with van der Waals surface area (Å²) in [4.78, 5) is 13.9. The van der Waals surface area contributed by atoms with Gasteiger partial charge < -0.3 is 19.5 Å². The normalized spacial score (nSPS) is 21.2. The first-order valence-corrected chi connectivity index (χ1v) is 11.3. The molecule has 3 aliphatic rings. The molecule has 0 saturated carbocycles. The number of likely N-dealkylation sites (tertiary alicyclic amines) is 1. The fourth-order valence-corrected chi connectivity index (χ4v) is 5.04. The number of halogens is 1. The summed E-state index contributed by atoms with van der Waals surface area (Å²) in [5.74, 6) is 1.11. The summed E-state index contributed by atoms with van der Waals surface area (Å²) in [6.45, 7) is 3.29. The van der Waals surface area contributed by atoms with E-state index in [-0.39, 0.29) is 17.9 Å². The van der Waals surface area contributed by atoms with Gasteiger partial charge in [0, 0.05) is 42.4 Å². The van der Waals surface area contributed by atoms with E-state index < -0.39 is 5.72 Å². The number of carbonyl (C=O) groups is 1. The van der Waals surface area contributed by atoms with E-state index in [0.29, 0.717) is 32.5 Å². The first-order valence-electron chi connectivity index (χ1n) is 10.6. The van der Waals surface area contributed by atoms with Gasteiger partial charge in [0.25, 0.3) is 0 Å². The highest BCUT2D eigenvalue weighted by Gasteiger charge is 2.52. The molecule has 8 heteroatoms. The van der Waals surface area contributed by atoms with E-state index in [0.717, 1.165) is 33.5 Å². The van der Waals surface area contributed by atoms with Gasteiger partial charge in [0.1, 0.15) is 11.5 Å². The van der Waals surface area contributed by atoms with Crippen LogP contribution in [0.4, 0.5) is 4.79 Å². The van der Waals surface area contributed by atoms with Crippen LogP contribution in [-0.2, 0) is 4.74 Å². The van der Waals surface area contributed by atoms with Gasteiger partial charge in [-0.2, -0.15) is 5.10 Å². The highest BCUT2D eigenvalue weighted by atomic mass is 79.9. The lowest BCUT2D eigenvalue weighted by molar-refractivity contribution is -0.147. The van der Waals surface area contributed by atoms with Crippen LogP contribution in [-0.4, -0.2) is 52.2 Å². The lowest BCUT2D eigenvalue weighted by Gasteiger charge is -2.51. The molecule has 31 heavy (non-hydrogen) atoms. The second-order valence-electron chi connectivity index (χ2n) is 8.07. The van der Waals surface area contributed by atoms with Crippen LogP contribution in [0.25, 0.3) is 0 Å². The van der Waals surface area contributed by atoms with Gasteiger partial charge in [-0.15, -0.1) is 0 Å². The molecular formula is C23H24BrN3O4. The summed E-state index contributed by atoms with van der Waals surface area (Å²) in [6.07, 6.45) is 1.76. The maximum atomic E-state index is 12.2. The maximum Gasteiger partial charge on any atom is 0.409 e. The largest absolute Gasteiger partial charge is 0.508 e. The minimum Gasteiger partial charge on any atom is -0.508 e. The number of hydrazone groups is 1. The van der Waals surface area contributed by atoms with E-state index in [1.807, 2.05) is 31.2 Å². The first kappa shape index (κ1) is 20.2. The third-order valence-corrected chi connectivity index (χ3v) is 6.72. The zero-order valence-electron chi connectivity index (χ0n) is 17.3. The predicted octanol–water partition coefficient (Wildman–Crippen LogP) is 4.65. The molecular weight excluding hydrogens is 462 g/mol. The number of phenolic OH excluding ortho intramolecular Hbond substituents is 1. The van der Waals surface area contributed by atoms with Gasteiger partial charge in [-0.25, -0.2) is 9.80 Å². The number of ether oxygens (including phenoxy) is 2. The third-order valence-electron chi connectivity index (χ3n) is 6.23. The van der Waals surface area contributed by atoms with Crippen molar-refractivity contribution in [3.8, 4) is 11.5 Å². The zero-order chi connectivity index (χ0) is 21.6. The number of phenols is 1. The highest BCUT2D eigenvalue weighted by molar-refractivity contribution is 9.10. The molecule has 1 atom stereocenters. The van der Waals surface area contributed by atoms with E-state index in [9.17, 15) is 9.90 Å². The Morgan fingerprint density at radius 1 is 1.26 bits per heavy atom. The van der Waals surface area contributed by atoms with E-state index in [1.54, 1.807) is 17.0 Å². The number of rotatable bonds is 2. The van der Waals surface area contributed by atoms with Crippen molar-refractivity contribution < 1.29 is 19.4 Å². The molecule has 7 nitrogen and oxygen atoms in total. The molecule has 0 radical (unpaired) electrons. The van der Waals surface area contributed by atoms with Crippen LogP contribution in [0.15, 0.2) is 52.0 Å². The van der Waals surface area contributed by atoms with Crippen molar-refractivity contribution in [1.29, 1.82) is 0 Å². The highest BCUT2D eigenvalue weighted by Crippen LogP contribution is 2.50. The summed E-state index contributed by atoms with van der Waals surface area (Å²) in [6, 6.07) is 13.3. The number of hydrogen-bond donors (Lipinski definition) is 1. The predicted molar refractivity (Wildman–Crippen MR) is 119 cm³/mol. The van der Waals surface area contributed by atoms with Gasteiger partial charge in [-0.3, -0.25) is 0 Å². The zero-order valence-corrected chi connectivity index (χ0v) is 18.8. The topological polar surface area (TPSA) is 74.6 Å². The van der Waals surface area contributed by atoms with Gasteiger partial charge >= 0.3 is 6.09 Å². The Bertz CT molecular complexity index is 1030. The Morgan fingerprint density at radius 2 is 2.00 bits per heavy atom. The van der Waals surface area contributed by atoms with Crippen molar-refractivity contribution in [2.45, 2.75) is 38.0 Å². The van der Waals surface area contributed by atoms with Crippen molar-refractivity contribution in [1.82, 2.24) is 9.91 Å². The number of nitrogens with zero attached hydrogens (tertiary/aromatic N) is 3. The van der Waals surface area contributed by atoms with E-state index in [2.05, 4.69) is 27.0 Å². The van der Waals surface area contributed by atoms with Crippen molar-refractivity contribution in [3.63, 3.8) is 0 Å². The molecule has 1 N–H and O–H groups in total.